The number of amides is 1. The van der Waals surface area contributed by atoms with E-state index in [1.54, 1.807) is 7.11 Å². The summed E-state index contributed by atoms with van der Waals surface area (Å²) in [6.07, 6.45) is 1.52. The first-order valence-corrected chi connectivity index (χ1v) is 8.73. The van der Waals surface area contributed by atoms with Gasteiger partial charge in [0.1, 0.15) is 5.75 Å². The van der Waals surface area contributed by atoms with Gasteiger partial charge in [-0.05, 0) is 59.7 Å². The van der Waals surface area contributed by atoms with Crippen LogP contribution in [0.4, 0.5) is 11.4 Å². The highest BCUT2D eigenvalue weighted by atomic mass is 16.6. The number of methoxy groups -OCH3 is 1. The summed E-state index contributed by atoms with van der Waals surface area (Å²) in [7, 11) is 1.60. The van der Waals surface area contributed by atoms with E-state index in [0.29, 0.717) is 11.3 Å². The minimum atomic E-state index is -0.582. The lowest BCUT2D eigenvalue weighted by Crippen LogP contribution is -2.18. The molecule has 0 atom stereocenters. The van der Waals surface area contributed by atoms with Gasteiger partial charge in [-0.2, -0.15) is 0 Å². The summed E-state index contributed by atoms with van der Waals surface area (Å²) in [5.74, 6) is -0.229. The van der Waals surface area contributed by atoms with Crippen molar-refractivity contribution in [2.24, 2.45) is 0 Å². The molecule has 0 fully saturated rings. The molecule has 0 heterocycles. The maximum Gasteiger partial charge on any atom is 0.269 e. The normalized spacial score (nSPS) is 11.2. The molecule has 0 saturated carbocycles. The Hall–Kier alpha value is -4.00. The molecule has 3 aromatic carbocycles. The Morgan fingerprint density at radius 1 is 1.00 bits per heavy atom. The van der Waals surface area contributed by atoms with Crippen LogP contribution in [0.2, 0.25) is 0 Å². The molecular weight excluding hydrogens is 372 g/mol. The number of hydrogen-bond donors (Lipinski definition) is 1. The van der Waals surface area contributed by atoms with E-state index in [2.05, 4.69) is 5.32 Å². The van der Waals surface area contributed by atoms with E-state index in [4.69, 9.17) is 4.74 Å². The molecular formula is C22H18N2O5. The Morgan fingerprint density at radius 3 is 2.28 bits per heavy atom. The zero-order chi connectivity index (χ0) is 21.0. The number of non-ortho nitro benzene ring substituents is 1. The number of nitrogens with one attached hydrogen (secondary N) is 1. The van der Waals surface area contributed by atoms with E-state index >= 15 is 0 Å². The maximum absolute atomic E-state index is 12.6. The smallest absolute Gasteiger partial charge is 0.269 e. The van der Waals surface area contributed by atoms with E-state index in [9.17, 15) is 19.7 Å². The first kappa shape index (κ1) is 19.8. The number of ether oxygens (including phenoxy) is 1. The van der Waals surface area contributed by atoms with Gasteiger partial charge in [0.15, 0.2) is 5.78 Å². The Balaban J connectivity index is 1.87. The predicted molar refractivity (Wildman–Crippen MR) is 111 cm³/mol. The van der Waals surface area contributed by atoms with Crippen LogP contribution in [0.1, 0.15) is 12.5 Å². The summed E-state index contributed by atoms with van der Waals surface area (Å²) >= 11 is 0. The van der Waals surface area contributed by atoms with Crippen molar-refractivity contribution in [1.82, 2.24) is 0 Å². The van der Waals surface area contributed by atoms with Crippen LogP contribution in [0.5, 0.6) is 5.75 Å². The second kappa shape index (κ2) is 8.35. The molecule has 1 N–H and O–H groups in total. The molecule has 0 spiro atoms. The van der Waals surface area contributed by atoms with Gasteiger partial charge >= 0.3 is 0 Å². The number of Topliss-reactive ketones (excluding diaryl/α,β-unsaturated/α-hetero) is 1. The number of ketones is 1. The molecule has 0 aromatic heterocycles. The SMILES string of the molecule is COc1ccc2cc(/C=C(\C(C)=O)C(=O)Nc3ccc([N+](=O)[O-])cc3)ccc2c1. The van der Waals surface area contributed by atoms with E-state index in [0.717, 1.165) is 16.5 Å². The number of benzene rings is 3. The number of nitro benzene ring substituents is 1. The fourth-order valence-corrected chi connectivity index (χ4v) is 2.82. The van der Waals surface area contributed by atoms with Gasteiger partial charge in [0.05, 0.1) is 17.6 Å². The fraction of sp³-hybridized carbons (Fsp3) is 0.0909. The van der Waals surface area contributed by atoms with Gasteiger partial charge in [-0.15, -0.1) is 0 Å². The van der Waals surface area contributed by atoms with Crippen LogP contribution in [0, 0.1) is 10.1 Å². The first-order valence-electron chi connectivity index (χ1n) is 8.73. The Kier molecular flexibility index (Phi) is 5.69. The van der Waals surface area contributed by atoms with Gasteiger partial charge in [0, 0.05) is 17.8 Å². The lowest BCUT2D eigenvalue weighted by atomic mass is 10.0. The summed E-state index contributed by atoms with van der Waals surface area (Å²) in [4.78, 5) is 34.8. The van der Waals surface area contributed by atoms with Crippen molar-refractivity contribution in [2.75, 3.05) is 12.4 Å². The highest BCUT2D eigenvalue weighted by Gasteiger charge is 2.15. The topological polar surface area (TPSA) is 98.5 Å². The third-order valence-corrected chi connectivity index (χ3v) is 4.34. The first-order chi connectivity index (χ1) is 13.9. The van der Waals surface area contributed by atoms with Crippen LogP contribution in [0.25, 0.3) is 16.8 Å². The van der Waals surface area contributed by atoms with Crippen molar-refractivity contribution in [3.8, 4) is 5.75 Å². The van der Waals surface area contributed by atoms with Crippen molar-refractivity contribution in [3.05, 3.63) is 81.9 Å². The average molecular weight is 390 g/mol. The van der Waals surface area contributed by atoms with Crippen LogP contribution in [0.15, 0.2) is 66.2 Å². The summed E-state index contributed by atoms with van der Waals surface area (Å²) in [5.41, 5.74) is 0.958. The van der Waals surface area contributed by atoms with E-state index < -0.39 is 10.8 Å². The number of fused-ring (bicyclic) bond motifs is 1. The number of carbonyl (C=O) groups is 2. The second-order valence-electron chi connectivity index (χ2n) is 6.34. The molecule has 3 aromatic rings. The molecule has 7 heteroatoms. The molecule has 0 radical (unpaired) electrons. The van der Waals surface area contributed by atoms with Gasteiger partial charge in [0.2, 0.25) is 0 Å². The number of hydrogen-bond acceptors (Lipinski definition) is 5. The van der Waals surface area contributed by atoms with Gasteiger partial charge in [0.25, 0.3) is 11.6 Å². The van der Waals surface area contributed by atoms with Crippen molar-refractivity contribution in [2.45, 2.75) is 6.92 Å². The molecule has 0 aliphatic carbocycles. The molecule has 1 amide bonds. The number of rotatable bonds is 6. The van der Waals surface area contributed by atoms with Gasteiger partial charge < -0.3 is 10.1 Å². The predicted octanol–water partition coefficient (Wildman–Crippen LogP) is 4.37. The Labute approximate surface area is 166 Å². The lowest BCUT2D eigenvalue weighted by Gasteiger charge is -2.08. The second-order valence-corrected chi connectivity index (χ2v) is 6.34. The van der Waals surface area contributed by atoms with Crippen molar-refractivity contribution in [3.63, 3.8) is 0 Å². The van der Waals surface area contributed by atoms with E-state index in [1.165, 1.54) is 37.3 Å². The van der Waals surface area contributed by atoms with Gasteiger partial charge in [-0.3, -0.25) is 19.7 Å². The summed E-state index contributed by atoms with van der Waals surface area (Å²) in [5, 5.41) is 15.2. The standard InChI is InChI=1S/C22H18N2O5/c1-14(25)21(22(26)23-18-6-8-19(9-7-18)24(27)28)12-15-3-4-17-13-20(29-2)10-5-16(17)11-15/h3-13H,1-2H3,(H,23,26)/b21-12+. The van der Waals surface area contributed by atoms with Crippen molar-refractivity contribution >= 4 is 39.9 Å². The van der Waals surface area contributed by atoms with Crippen molar-refractivity contribution < 1.29 is 19.2 Å². The minimum absolute atomic E-state index is 0.0174. The fourth-order valence-electron chi connectivity index (χ4n) is 2.82. The number of nitro groups is 1. The Morgan fingerprint density at radius 2 is 1.66 bits per heavy atom. The molecule has 7 nitrogen and oxygen atoms in total. The van der Waals surface area contributed by atoms with Crippen LogP contribution < -0.4 is 10.1 Å². The van der Waals surface area contributed by atoms with Gasteiger partial charge in [-0.1, -0.05) is 18.2 Å². The average Bonchev–Trinajstić information content (AvgIpc) is 2.71. The van der Waals surface area contributed by atoms with Crippen LogP contribution in [0.3, 0.4) is 0 Å². The molecule has 0 aliphatic rings. The summed E-state index contributed by atoms with van der Waals surface area (Å²) in [6, 6.07) is 16.6. The van der Waals surface area contributed by atoms with E-state index in [1.807, 2.05) is 36.4 Å². The molecule has 0 bridgehead atoms. The van der Waals surface area contributed by atoms with Crippen LogP contribution in [-0.2, 0) is 9.59 Å². The van der Waals surface area contributed by atoms with Crippen LogP contribution >= 0.6 is 0 Å². The molecule has 29 heavy (non-hydrogen) atoms. The lowest BCUT2D eigenvalue weighted by molar-refractivity contribution is -0.384. The number of anilines is 1. The number of nitrogens with zero attached hydrogens (tertiary/aromatic N) is 1. The molecule has 146 valence electrons. The summed E-state index contributed by atoms with van der Waals surface area (Å²) in [6.45, 7) is 1.31. The zero-order valence-corrected chi connectivity index (χ0v) is 15.8. The zero-order valence-electron chi connectivity index (χ0n) is 15.8. The highest BCUT2D eigenvalue weighted by molar-refractivity contribution is 6.25. The molecule has 0 unspecified atom stereocenters. The molecule has 0 saturated heterocycles. The van der Waals surface area contributed by atoms with Crippen molar-refractivity contribution in [1.29, 1.82) is 0 Å². The monoisotopic (exact) mass is 390 g/mol. The number of carbonyl (C=O) groups excluding carboxylic acids is 2. The third kappa shape index (κ3) is 4.65. The largest absolute Gasteiger partial charge is 0.497 e. The van der Waals surface area contributed by atoms with E-state index in [-0.39, 0.29) is 17.0 Å². The quantitative estimate of drug-likeness (QED) is 0.222. The summed E-state index contributed by atoms with van der Waals surface area (Å²) < 4.78 is 5.21. The van der Waals surface area contributed by atoms with Crippen LogP contribution in [-0.4, -0.2) is 23.7 Å². The Bertz CT molecular complexity index is 1130. The third-order valence-electron chi connectivity index (χ3n) is 4.34. The molecule has 3 rings (SSSR count). The van der Waals surface area contributed by atoms with Gasteiger partial charge in [-0.25, -0.2) is 0 Å². The maximum atomic E-state index is 12.6. The minimum Gasteiger partial charge on any atom is -0.497 e. The molecule has 0 aliphatic heterocycles. The highest BCUT2D eigenvalue weighted by Crippen LogP contribution is 2.23.